The Morgan fingerprint density at radius 3 is 2.29 bits per heavy atom. The van der Waals surface area contributed by atoms with Crippen molar-refractivity contribution in [3.05, 3.63) is 34.9 Å². The van der Waals surface area contributed by atoms with E-state index in [0.29, 0.717) is 5.02 Å². The molecule has 0 saturated heterocycles. The third kappa shape index (κ3) is 2.49. The van der Waals surface area contributed by atoms with Gasteiger partial charge in [-0.25, -0.2) is 0 Å². The van der Waals surface area contributed by atoms with Crippen molar-refractivity contribution in [2.45, 2.75) is 19.8 Å². The molecule has 0 saturated carbocycles. The van der Waals surface area contributed by atoms with Gasteiger partial charge in [0, 0.05) is 5.02 Å². The van der Waals surface area contributed by atoms with Gasteiger partial charge in [0.25, 0.3) is 0 Å². The molecule has 0 aliphatic carbocycles. The van der Waals surface area contributed by atoms with Crippen molar-refractivity contribution in [3.63, 3.8) is 0 Å². The Morgan fingerprint density at radius 2 is 1.86 bits per heavy atom. The van der Waals surface area contributed by atoms with Crippen molar-refractivity contribution in [1.29, 1.82) is 0 Å². The van der Waals surface area contributed by atoms with E-state index in [1.807, 2.05) is 32.0 Å². The van der Waals surface area contributed by atoms with Gasteiger partial charge in [0.05, 0.1) is 5.92 Å². The number of benzene rings is 1. The average molecular weight is 231 g/mol. The van der Waals surface area contributed by atoms with Crippen LogP contribution in [0.5, 0.6) is 0 Å². The maximum absolute atomic E-state index is 11.2. The summed E-state index contributed by atoms with van der Waals surface area (Å²) in [5, 5.41) is 0.244. The third-order valence-electron chi connectivity index (χ3n) is 2.15. The first-order valence-corrected chi connectivity index (χ1v) is 5.23. The number of halogens is 2. The minimum absolute atomic E-state index is 0.153. The number of hydrogen-bond donors (Lipinski definition) is 0. The van der Waals surface area contributed by atoms with Gasteiger partial charge in [0.1, 0.15) is 0 Å². The van der Waals surface area contributed by atoms with Crippen LogP contribution in [-0.2, 0) is 4.79 Å². The van der Waals surface area contributed by atoms with E-state index in [9.17, 15) is 4.79 Å². The van der Waals surface area contributed by atoms with E-state index in [2.05, 4.69) is 0 Å². The minimum Gasteiger partial charge on any atom is -0.281 e. The van der Waals surface area contributed by atoms with Crippen molar-refractivity contribution >= 4 is 28.4 Å². The summed E-state index contributed by atoms with van der Waals surface area (Å²) in [6.07, 6.45) is 0. The molecule has 14 heavy (non-hydrogen) atoms. The molecule has 0 N–H and O–H groups in total. The molecular weight excluding hydrogens is 219 g/mol. The van der Waals surface area contributed by atoms with E-state index >= 15 is 0 Å². The van der Waals surface area contributed by atoms with E-state index in [0.717, 1.165) is 5.56 Å². The van der Waals surface area contributed by atoms with Crippen LogP contribution in [0.1, 0.15) is 25.3 Å². The number of rotatable bonds is 3. The maximum atomic E-state index is 11.2. The Balaban J connectivity index is 3.12. The molecular formula is C11H12Cl2O. The third-order valence-corrected chi connectivity index (χ3v) is 2.73. The van der Waals surface area contributed by atoms with Gasteiger partial charge in [-0.15, -0.1) is 0 Å². The highest BCUT2D eigenvalue weighted by atomic mass is 35.5. The lowest BCUT2D eigenvalue weighted by molar-refractivity contribution is -0.113. The lowest BCUT2D eigenvalue weighted by Crippen LogP contribution is -2.13. The second kappa shape index (κ2) is 4.81. The molecule has 0 fully saturated rings. The first-order valence-electron chi connectivity index (χ1n) is 4.47. The van der Waals surface area contributed by atoms with E-state index in [1.165, 1.54) is 0 Å². The predicted molar refractivity (Wildman–Crippen MR) is 59.9 cm³/mol. The maximum Gasteiger partial charge on any atom is 0.229 e. The van der Waals surface area contributed by atoms with Crippen LogP contribution < -0.4 is 0 Å². The summed E-state index contributed by atoms with van der Waals surface area (Å²) in [5.74, 6) is -0.162. The fraction of sp³-hybridized carbons (Fsp3) is 0.364. The zero-order valence-electron chi connectivity index (χ0n) is 8.13. The first kappa shape index (κ1) is 11.5. The molecule has 1 unspecified atom stereocenters. The molecule has 1 atom stereocenters. The van der Waals surface area contributed by atoms with Gasteiger partial charge in [-0.3, -0.25) is 4.79 Å². The zero-order chi connectivity index (χ0) is 10.7. The van der Waals surface area contributed by atoms with Crippen molar-refractivity contribution in [1.82, 2.24) is 0 Å². The van der Waals surface area contributed by atoms with Gasteiger partial charge < -0.3 is 0 Å². The Bertz CT molecular complexity index is 334. The molecule has 0 heterocycles. The van der Waals surface area contributed by atoms with Gasteiger partial charge in [-0.1, -0.05) is 43.6 Å². The molecule has 0 aliphatic rings. The summed E-state index contributed by atoms with van der Waals surface area (Å²) in [5.41, 5.74) is 0.809. The fourth-order valence-electron chi connectivity index (χ4n) is 1.47. The lowest BCUT2D eigenvalue weighted by atomic mass is 9.89. The molecule has 76 valence electrons. The zero-order valence-corrected chi connectivity index (χ0v) is 9.64. The number of carbonyl (C=O) groups is 1. The molecule has 1 nitrogen and oxygen atoms in total. The molecule has 1 aromatic carbocycles. The second-order valence-electron chi connectivity index (χ2n) is 3.55. The normalized spacial score (nSPS) is 12.9. The SMILES string of the molecule is CC(C)C(C(=O)Cl)c1ccccc1Cl. The highest BCUT2D eigenvalue weighted by Crippen LogP contribution is 2.31. The summed E-state index contributed by atoms with van der Waals surface area (Å²) in [6, 6.07) is 7.30. The summed E-state index contributed by atoms with van der Waals surface area (Å²) in [6.45, 7) is 3.91. The highest BCUT2D eigenvalue weighted by Gasteiger charge is 2.24. The van der Waals surface area contributed by atoms with Gasteiger partial charge >= 0.3 is 0 Å². The van der Waals surface area contributed by atoms with Gasteiger partial charge in [0.2, 0.25) is 5.24 Å². The summed E-state index contributed by atoms with van der Waals surface area (Å²) >= 11 is 11.5. The molecule has 0 spiro atoms. The summed E-state index contributed by atoms with van der Waals surface area (Å²) < 4.78 is 0. The van der Waals surface area contributed by atoms with E-state index in [1.54, 1.807) is 6.07 Å². The van der Waals surface area contributed by atoms with Gasteiger partial charge in [-0.05, 0) is 29.1 Å². The molecule has 3 heteroatoms. The van der Waals surface area contributed by atoms with Crippen LogP contribution in [-0.4, -0.2) is 5.24 Å². The van der Waals surface area contributed by atoms with Crippen LogP contribution >= 0.6 is 23.2 Å². The van der Waals surface area contributed by atoms with Crippen molar-refractivity contribution in [3.8, 4) is 0 Å². The lowest BCUT2D eigenvalue weighted by Gasteiger charge is -2.17. The van der Waals surface area contributed by atoms with Gasteiger partial charge in [-0.2, -0.15) is 0 Å². The van der Waals surface area contributed by atoms with Crippen LogP contribution in [0.15, 0.2) is 24.3 Å². The fourth-order valence-corrected chi connectivity index (χ4v) is 2.09. The van der Waals surface area contributed by atoms with E-state index in [-0.39, 0.29) is 17.1 Å². The van der Waals surface area contributed by atoms with Crippen molar-refractivity contribution in [2.75, 3.05) is 0 Å². The van der Waals surface area contributed by atoms with Crippen LogP contribution in [0.4, 0.5) is 0 Å². The van der Waals surface area contributed by atoms with Crippen LogP contribution in [0.3, 0.4) is 0 Å². The molecule has 0 aromatic heterocycles. The molecule has 0 aliphatic heterocycles. The quantitative estimate of drug-likeness (QED) is 0.722. The predicted octanol–water partition coefficient (Wildman–Crippen LogP) is 3.85. The molecule has 0 bridgehead atoms. The largest absolute Gasteiger partial charge is 0.281 e. The highest BCUT2D eigenvalue weighted by molar-refractivity contribution is 6.64. The van der Waals surface area contributed by atoms with Crippen molar-refractivity contribution < 1.29 is 4.79 Å². The van der Waals surface area contributed by atoms with Crippen LogP contribution in [0, 0.1) is 5.92 Å². The Hall–Kier alpha value is -0.530. The molecule has 0 amide bonds. The Morgan fingerprint density at radius 1 is 1.29 bits per heavy atom. The van der Waals surface area contributed by atoms with E-state index < -0.39 is 0 Å². The van der Waals surface area contributed by atoms with E-state index in [4.69, 9.17) is 23.2 Å². The number of hydrogen-bond acceptors (Lipinski definition) is 1. The smallest absolute Gasteiger partial charge is 0.229 e. The average Bonchev–Trinajstić information content (AvgIpc) is 2.07. The van der Waals surface area contributed by atoms with Gasteiger partial charge in [0.15, 0.2) is 0 Å². The molecule has 0 radical (unpaired) electrons. The number of carbonyl (C=O) groups excluding carboxylic acids is 1. The molecule has 1 aromatic rings. The molecule has 1 rings (SSSR count). The Kier molecular flexibility index (Phi) is 3.97. The van der Waals surface area contributed by atoms with Crippen molar-refractivity contribution in [2.24, 2.45) is 5.92 Å². The monoisotopic (exact) mass is 230 g/mol. The van der Waals surface area contributed by atoms with Crippen LogP contribution in [0.25, 0.3) is 0 Å². The first-order chi connectivity index (χ1) is 6.54. The Labute approximate surface area is 94.0 Å². The standard InChI is InChI=1S/C11H12Cl2O/c1-7(2)10(11(13)14)8-5-3-4-6-9(8)12/h3-7,10H,1-2H3. The topological polar surface area (TPSA) is 17.1 Å². The minimum atomic E-state index is -0.354. The second-order valence-corrected chi connectivity index (χ2v) is 4.33. The van der Waals surface area contributed by atoms with Crippen LogP contribution in [0.2, 0.25) is 5.02 Å². The summed E-state index contributed by atoms with van der Waals surface area (Å²) in [4.78, 5) is 11.2. The summed E-state index contributed by atoms with van der Waals surface area (Å²) in [7, 11) is 0.